The maximum atomic E-state index is 11.6. The van der Waals surface area contributed by atoms with Crippen LogP contribution in [0.3, 0.4) is 0 Å². The molecule has 0 spiro atoms. The summed E-state index contributed by atoms with van der Waals surface area (Å²) in [7, 11) is 0. The van der Waals surface area contributed by atoms with Crippen LogP contribution in [0.4, 0.5) is 0 Å². The SMILES string of the molecule is CC(C)C1([O-])CCCC1.[Li+]. The van der Waals surface area contributed by atoms with E-state index in [-0.39, 0.29) is 18.9 Å². The van der Waals surface area contributed by atoms with Crippen molar-refractivity contribution in [1.82, 2.24) is 0 Å². The predicted molar refractivity (Wildman–Crippen MR) is 36.0 cm³/mol. The Hall–Kier alpha value is 0.557. The average molecular weight is 134 g/mol. The topological polar surface area (TPSA) is 23.1 Å². The summed E-state index contributed by atoms with van der Waals surface area (Å²) in [5.41, 5.74) is -0.556. The first-order valence-corrected chi connectivity index (χ1v) is 3.85. The zero-order valence-electron chi connectivity index (χ0n) is 7.31. The van der Waals surface area contributed by atoms with Gasteiger partial charge in [-0.3, -0.25) is 0 Å². The maximum Gasteiger partial charge on any atom is 1.00 e. The molecule has 54 valence electrons. The van der Waals surface area contributed by atoms with Crippen molar-refractivity contribution in [2.75, 3.05) is 0 Å². The van der Waals surface area contributed by atoms with E-state index in [0.29, 0.717) is 5.92 Å². The second-order valence-electron chi connectivity index (χ2n) is 3.43. The van der Waals surface area contributed by atoms with Gasteiger partial charge in [-0.15, -0.1) is 5.60 Å². The normalized spacial score (nSPS) is 22.8. The Morgan fingerprint density at radius 3 is 1.80 bits per heavy atom. The van der Waals surface area contributed by atoms with Crippen molar-refractivity contribution in [1.29, 1.82) is 0 Å². The molecule has 0 N–H and O–H groups in total. The Morgan fingerprint density at radius 1 is 1.20 bits per heavy atom. The molecule has 1 nitrogen and oxygen atoms in total. The molecular formula is C8H15LiO. The fourth-order valence-electron chi connectivity index (χ4n) is 1.55. The summed E-state index contributed by atoms with van der Waals surface area (Å²) in [5, 5.41) is 11.6. The number of hydrogen-bond donors (Lipinski definition) is 0. The Kier molecular flexibility index (Phi) is 4.02. The molecule has 1 saturated carbocycles. The van der Waals surface area contributed by atoms with Crippen molar-refractivity contribution < 1.29 is 24.0 Å². The van der Waals surface area contributed by atoms with Gasteiger partial charge in [0.05, 0.1) is 0 Å². The van der Waals surface area contributed by atoms with E-state index in [1.165, 1.54) is 0 Å². The monoisotopic (exact) mass is 134 g/mol. The summed E-state index contributed by atoms with van der Waals surface area (Å²) in [5.74, 6) is 0.333. The fraction of sp³-hybridized carbons (Fsp3) is 1.00. The van der Waals surface area contributed by atoms with Gasteiger partial charge in [0, 0.05) is 0 Å². The molecular weight excluding hydrogens is 119 g/mol. The molecule has 0 heterocycles. The van der Waals surface area contributed by atoms with Crippen LogP contribution in [-0.2, 0) is 0 Å². The van der Waals surface area contributed by atoms with E-state index in [4.69, 9.17) is 0 Å². The smallest absolute Gasteiger partial charge is 0.849 e. The Bertz CT molecular complexity index is 95.4. The molecule has 0 atom stereocenters. The molecule has 2 heteroatoms. The van der Waals surface area contributed by atoms with Crippen LogP contribution in [0.5, 0.6) is 0 Å². The van der Waals surface area contributed by atoms with Crippen LogP contribution < -0.4 is 24.0 Å². The van der Waals surface area contributed by atoms with Gasteiger partial charge in [-0.2, -0.15) is 0 Å². The van der Waals surface area contributed by atoms with Crippen molar-refractivity contribution in [3.63, 3.8) is 0 Å². The number of hydrogen-bond acceptors (Lipinski definition) is 1. The minimum Gasteiger partial charge on any atom is -0.849 e. The molecule has 0 amide bonds. The van der Waals surface area contributed by atoms with Gasteiger partial charge in [-0.05, 0) is 0 Å². The van der Waals surface area contributed by atoms with Gasteiger partial charge in [0.2, 0.25) is 0 Å². The summed E-state index contributed by atoms with van der Waals surface area (Å²) < 4.78 is 0. The average Bonchev–Trinajstić information content (AvgIpc) is 2.16. The van der Waals surface area contributed by atoms with E-state index >= 15 is 0 Å². The number of rotatable bonds is 1. The standard InChI is InChI=1S/C8H15O.Li/c1-7(2)8(9)5-3-4-6-8;/h7H,3-6H2,1-2H3;/q-1;+1. The van der Waals surface area contributed by atoms with Crippen molar-refractivity contribution in [3.05, 3.63) is 0 Å². The van der Waals surface area contributed by atoms with Crippen LogP contribution in [0.15, 0.2) is 0 Å². The second-order valence-corrected chi connectivity index (χ2v) is 3.43. The van der Waals surface area contributed by atoms with Gasteiger partial charge in [0.15, 0.2) is 0 Å². The molecule has 0 unspecified atom stereocenters. The largest absolute Gasteiger partial charge is 1.00 e. The molecule has 0 aromatic heterocycles. The third kappa shape index (κ3) is 2.02. The van der Waals surface area contributed by atoms with Gasteiger partial charge >= 0.3 is 18.9 Å². The molecule has 1 aliphatic carbocycles. The first kappa shape index (κ1) is 10.6. The van der Waals surface area contributed by atoms with Gasteiger partial charge < -0.3 is 5.11 Å². The van der Waals surface area contributed by atoms with Crippen LogP contribution >= 0.6 is 0 Å². The molecule has 1 fully saturated rings. The van der Waals surface area contributed by atoms with E-state index in [1.807, 2.05) is 13.8 Å². The summed E-state index contributed by atoms with van der Waals surface area (Å²) in [6.07, 6.45) is 4.12. The first-order chi connectivity index (χ1) is 4.15. The summed E-state index contributed by atoms with van der Waals surface area (Å²) in [6.45, 7) is 4.08. The van der Waals surface area contributed by atoms with Gasteiger partial charge in [-0.25, -0.2) is 0 Å². The van der Waals surface area contributed by atoms with Crippen molar-refractivity contribution in [3.8, 4) is 0 Å². The molecule has 0 radical (unpaired) electrons. The summed E-state index contributed by atoms with van der Waals surface area (Å²) in [4.78, 5) is 0. The summed E-state index contributed by atoms with van der Waals surface area (Å²) >= 11 is 0. The predicted octanol–water partition coefficient (Wildman–Crippen LogP) is -1.68. The quantitative estimate of drug-likeness (QED) is 0.393. The van der Waals surface area contributed by atoms with Gasteiger partial charge in [0.25, 0.3) is 0 Å². The Labute approximate surface area is 75.4 Å². The van der Waals surface area contributed by atoms with Crippen molar-refractivity contribution >= 4 is 0 Å². The third-order valence-electron chi connectivity index (χ3n) is 2.50. The Morgan fingerprint density at radius 2 is 1.60 bits per heavy atom. The Balaban J connectivity index is 0.000000810. The van der Waals surface area contributed by atoms with Crippen LogP contribution in [0.2, 0.25) is 0 Å². The molecule has 0 saturated heterocycles. The van der Waals surface area contributed by atoms with E-state index in [0.717, 1.165) is 25.7 Å². The zero-order chi connectivity index (χ0) is 6.91. The second kappa shape index (κ2) is 3.81. The zero-order valence-corrected chi connectivity index (χ0v) is 7.31. The van der Waals surface area contributed by atoms with Crippen LogP contribution in [-0.4, -0.2) is 5.60 Å². The van der Waals surface area contributed by atoms with E-state index in [2.05, 4.69) is 0 Å². The maximum absolute atomic E-state index is 11.6. The van der Waals surface area contributed by atoms with Gasteiger partial charge in [-0.1, -0.05) is 45.4 Å². The van der Waals surface area contributed by atoms with Gasteiger partial charge in [0.1, 0.15) is 0 Å². The molecule has 0 aliphatic heterocycles. The molecule has 0 aromatic carbocycles. The van der Waals surface area contributed by atoms with Crippen molar-refractivity contribution in [2.24, 2.45) is 5.92 Å². The minimum atomic E-state index is -0.556. The molecule has 1 aliphatic rings. The van der Waals surface area contributed by atoms with Crippen LogP contribution in [0.1, 0.15) is 39.5 Å². The van der Waals surface area contributed by atoms with Crippen LogP contribution in [0.25, 0.3) is 0 Å². The van der Waals surface area contributed by atoms with Crippen molar-refractivity contribution in [2.45, 2.75) is 45.1 Å². The van der Waals surface area contributed by atoms with E-state index in [9.17, 15) is 5.11 Å². The molecule has 0 bridgehead atoms. The fourth-order valence-corrected chi connectivity index (χ4v) is 1.55. The first-order valence-electron chi connectivity index (χ1n) is 3.85. The molecule has 0 aromatic rings. The molecule has 10 heavy (non-hydrogen) atoms. The van der Waals surface area contributed by atoms with E-state index in [1.54, 1.807) is 0 Å². The van der Waals surface area contributed by atoms with E-state index < -0.39 is 5.60 Å². The molecule has 1 rings (SSSR count). The third-order valence-corrected chi connectivity index (χ3v) is 2.50. The summed E-state index contributed by atoms with van der Waals surface area (Å²) in [6, 6.07) is 0. The minimum absolute atomic E-state index is 0. The van der Waals surface area contributed by atoms with Crippen LogP contribution in [0, 0.1) is 5.92 Å².